The van der Waals surface area contributed by atoms with E-state index >= 15 is 0 Å². The Balaban J connectivity index is 1.40. The van der Waals surface area contributed by atoms with Gasteiger partial charge in [0.2, 0.25) is 0 Å². The summed E-state index contributed by atoms with van der Waals surface area (Å²) in [6.45, 7) is 10.0. The number of rotatable bonds is 9. The van der Waals surface area contributed by atoms with Crippen LogP contribution in [0.1, 0.15) is 52.4 Å². The van der Waals surface area contributed by atoms with Gasteiger partial charge in [-0.2, -0.15) is 0 Å². The van der Waals surface area contributed by atoms with E-state index in [4.69, 9.17) is 21.1 Å². The van der Waals surface area contributed by atoms with Crippen molar-refractivity contribution in [3.8, 4) is 5.75 Å². The third kappa shape index (κ3) is 6.23. The molecule has 0 aliphatic carbocycles. The van der Waals surface area contributed by atoms with Crippen molar-refractivity contribution < 1.29 is 14.3 Å². The summed E-state index contributed by atoms with van der Waals surface area (Å²) < 4.78 is 11.3. The van der Waals surface area contributed by atoms with Crippen LogP contribution in [0.3, 0.4) is 0 Å². The maximum absolute atomic E-state index is 13.1. The molecule has 4 rings (SSSR count). The van der Waals surface area contributed by atoms with E-state index in [2.05, 4.69) is 42.8 Å². The zero-order chi connectivity index (χ0) is 25.7. The fourth-order valence-corrected chi connectivity index (χ4v) is 5.67. The van der Waals surface area contributed by atoms with Crippen LogP contribution in [-0.2, 0) is 4.74 Å². The number of halogens is 1. The Morgan fingerprint density at radius 1 is 1.03 bits per heavy atom. The van der Waals surface area contributed by atoms with E-state index in [-0.39, 0.29) is 5.91 Å². The number of likely N-dealkylation sites (N-methyl/N-ethyl adjacent to an activating group) is 1. The summed E-state index contributed by atoms with van der Waals surface area (Å²) >= 11 is 6.01. The number of piperazine rings is 1. The third-order valence-electron chi connectivity index (χ3n) is 7.87. The van der Waals surface area contributed by atoms with Gasteiger partial charge in [0, 0.05) is 62.5 Å². The van der Waals surface area contributed by atoms with Crippen molar-refractivity contribution in [2.24, 2.45) is 0 Å². The first-order valence-corrected chi connectivity index (χ1v) is 13.5. The molecule has 2 aliphatic rings. The molecule has 0 spiro atoms. The third-order valence-corrected chi connectivity index (χ3v) is 8.12. The van der Waals surface area contributed by atoms with Crippen molar-refractivity contribution in [3.63, 3.8) is 0 Å². The highest BCUT2D eigenvalue weighted by Crippen LogP contribution is 2.39. The second-order valence-electron chi connectivity index (χ2n) is 10.1. The van der Waals surface area contributed by atoms with Gasteiger partial charge in [0.25, 0.3) is 5.91 Å². The average molecular weight is 514 g/mol. The van der Waals surface area contributed by atoms with Gasteiger partial charge in [-0.25, -0.2) is 0 Å². The molecule has 2 aromatic carbocycles. The molecule has 2 aromatic rings. The molecule has 0 aromatic heterocycles. The van der Waals surface area contributed by atoms with Crippen LogP contribution < -0.4 is 4.74 Å². The number of amides is 1. The van der Waals surface area contributed by atoms with Gasteiger partial charge in [-0.15, -0.1) is 0 Å². The molecule has 0 unspecified atom stereocenters. The molecular weight excluding hydrogens is 474 g/mol. The summed E-state index contributed by atoms with van der Waals surface area (Å²) in [4.78, 5) is 20.0. The lowest BCUT2D eigenvalue weighted by atomic mass is 9.86. The molecule has 0 bridgehead atoms. The molecule has 2 atom stereocenters. The summed E-state index contributed by atoms with van der Waals surface area (Å²) in [6, 6.07) is 12.4. The molecule has 2 fully saturated rings. The average Bonchev–Trinajstić information content (AvgIpc) is 2.89. The maximum Gasteiger partial charge on any atom is 0.253 e. The zero-order valence-corrected chi connectivity index (χ0v) is 22.9. The molecule has 0 radical (unpaired) electrons. The molecular formula is C29H40ClN3O3. The molecule has 0 saturated carbocycles. The summed E-state index contributed by atoms with van der Waals surface area (Å²) in [6.07, 6.45) is 3.47. The van der Waals surface area contributed by atoms with E-state index in [9.17, 15) is 4.79 Å². The topological polar surface area (TPSA) is 45.3 Å². The normalized spacial score (nSPS) is 20.4. The number of methoxy groups -OCH3 is 1. The van der Waals surface area contributed by atoms with Crippen LogP contribution in [0.25, 0.3) is 0 Å². The van der Waals surface area contributed by atoms with Gasteiger partial charge >= 0.3 is 0 Å². The first-order chi connectivity index (χ1) is 17.4. The molecule has 2 aliphatic heterocycles. The number of carbonyl (C=O) groups excluding carboxylic acids is 1. The molecule has 196 valence electrons. The summed E-state index contributed by atoms with van der Waals surface area (Å²) in [5, 5.41) is 0.656. The minimum Gasteiger partial charge on any atom is -0.492 e. The molecule has 7 heteroatoms. The van der Waals surface area contributed by atoms with Gasteiger partial charge in [0.15, 0.2) is 0 Å². The van der Waals surface area contributed by atoms with Gasteiger partial charge in [-0.05, 0) is 87.2 Å². The number of benzene rings is 2. The van der Waals surface area contributed by atoms with Crippen molar-refractivity contribution in [2.45, 2.75) is 45.2 Å². The number of hydrogen-bond donors (Lipinski definition) is 0. The Kier molecular flexibility index (Phi) is 9.29. The zero-order valence-electron chi connectivity index (χ0n) is 22.1. The number of piperidine rings is 1. The SMILES string of the molecule is COCCN(C)CCOc1ccc([C@H]2CCC[C@H]3CN(C(=O)c4ccc(Cl)cc4)CCN32)c(C)c1C. The van der Waals surface area contributed by atoms with Crippen LogP contribution in [0.4, 0.5) is 0 Å². The van der Waals surface area contributed by atoms with Gasteiger partial charge < -0.3 is 19.3 Å². The lowest BCUT2D eigenvalue weighted by molar-refractivity contribution is 0.0101. The second kappa shape index (κ2) is 12.4. The van der Waals surface area contributed by atoms with E-state index in [0.717, 1.165) is 57.9 Å². The van der Waals surface area contributed by atoms with Crippen molar-refractivity contribution in [3.05, 3.63) is 63.7 Å². The summed E-state index contributed by atoms with van der Waals surface area (Å²) in [5.74, 6) is 1.08. The minimum absolute atomic E-state index is 0.106. The Labute approximate surface area is 221 Å². The van der Waals surface area contributed by atoms with E-state index in [1.54, 1.807) is 19.2 Å². The van der Waals surface area contributed by atoms with E-state index in [0.29, 0.717) is 29.3 Å². The number of nitrogens with zero attached hydrogens (tertiary/aromatic N) is 3. The minimum atomic E-state index is 0.106. The highest BCUT2D eigenvalue weighted by molar-refractivity contribution is 6.30. The number of carbonyl (C=O) groups is 1. The van der Waals surface area contributed by atoms with Crippen LogP contribution in [0.2, 0.25) is 5.02 Å². The Morgan fingerprint density at radius 3 is 2.53 bits per heavy atom. The molecule has 1 amide bonds. The standard InChI is InChI=1S/C29H40ClN3O3/c1-21-22(2)28(36-19-17-31(3)16-18-35-4)13-12-26(21)27-7-5-6-25-20-32(14-15-33(25)27)29(34)23-8-10-24(30)11-9-23/h8-13,25,27H,5-7,14-20H2,1-4H3/t25-,27+/m0/s1. The van der Waals surface area contributed by atoms with E-state index in [1.807, 2.05) is 17.0 Å². The van der Waals surface area contributed by atoms with Crippen molar-refractivity contribution in [1.29, 1.82) is 0 Å². The Bertz CT molecular complexity index is 1030. The lowest BCUT2D eigenvalue weighted by Gasteiger charge is -2.48. The molecule has 36 heavy (non-hydrogen) atoms. The number of hydrogen-bond acceptors (Lipinski definition) is 5. The first-order valence-electron chi connectivity index (χ1n) is 13.1. The highest BCUT2D eigenvalue weighted by Gasteiger charge is 2.37. The summed E-state index contributed by atoms with van der Waals surface area (Å²) in [7, 11) is 3.82. The van der Waals surface area contributed by atoms with Gasteiger partial charge in [0.05, 0.1) is 6.61 Å². The van der Waals surface area contributed by atoms with Crippen LogP contribution >= 0.6 is 11.6 Å². The van der Waals surface area contributed by atoms with Crippen LogP contribution in [0, 0.1) is 13.8 Å². The Morgan fingerprint density at radius 2 is 1.78 bits per heavy atom. The van der Waals surface area contributed by atoms with Crippen molar-refractivity contribution in [1.82, 2.24) is 14.7 Å². The maximum atomic E-state index is 13.1. The second-order valence-corrected chi connectivity index (χ2v) is 10.6. The van der Waals surface area contributed by atoms with Gasteiger partial charge in [-0.3, -0.25) is 9.69 Å². The first kappa shape index (κ1) is 26.9. The predicted molar refractivity (Wildman–Crippen MR) is 145 cm³/mol. The lowest BCUT2D eigenvalue weighted by Crippen LogP contribution is -2.57. The van der Waals surface area contributed by atoms with E-state index < -0.39 is 0 Å². The molecule has 2 saturated heterocycles. The summed E-state index contributed by atoms with van der Waals surface area (Å²) in [5.41, 5.74) is 4.67. The molecule has 6 nitrogen and oxygen atoms in total. The number of ether oxygens (including phenoxy) is 2. The van der Waals surface area contributed by atoms with Crippen LogP contribution in [0.15, 0.2) is 36.4 Å². The van der Waals surface area contributed by atoms with Crippen molar-refractivity contribution >= 4 is 17.5 Å². The van der Waals surface area contributed by atoms with E-state index in [1.165, 1.54) is 23.1 Å². The van der Waals surface area contributed by atoms with Gasteiger partial charge in [-0.1, -0.05) is 17.7 Å². The molecule has 0 N–H and O–H groups in total. The fourth-order valence-electron chi connectivity index (χ4n) is 5.55. The van der Waals surface area contributed by atoms with Crippen molar-refractivity contribution in [2.75, 3.05) is 60.1 Å². The highest BCUT2D eigenvalue weighted by atomic mass is 35.5. The van der Waals surface area contributed by atoms with Crippen LogP contribution in [0.5, 0.6) is 5.75 Å². The molecule has 2 heterocycles. The smallest absolute Gasteiger partial charge is 0.253 e. The predicted octanol–water partition coefficient (Wildman–Crippen LogP) is 4.97. The largest absolute Gasteiger partial charge is 0.492 e. The monoisotopic (exact) mass is 513 g/mol. The van der Waals surface area contributed by atoms with Crippen LogP contribution in [-0.4, -0.2) is 86.7 Å². The number of fused-ring (bicyclic) bond motifs is 1. The van der Waals surface area contributed by atoms with Gasteiger partial charge in [0.1, 0.15) is 12.4 Å². The fraction of sp³-hybridized carbons (Fsp3) is 0.552. The Hall–Kier alpha value is -2.12. The quantitative estimate of drug-likeness (QED) is 0.474.